The van der Waals surface area contributed by atoms with Gasteiger partial charge in [-0.25, -0.2) is 4.79 Å². The second-order valence-corrected chi connectivity index (χ2v) is 6.92. The zero-order valence-corrected chi connectivity index (χ0v) is 14.6. The van der Waals surface area contributed by atoms with E-state index in [1.54, 1.807) is 6.20 Å². The Morgan fingerprint density at radius 1 is 1.32 bits per heavy atom. The van der Waals surface area contributed by atoms with E-state index >= 15 is 0 Å². The van der Waals surface area contributed by atoms with Gasteiger partial charge in [-0.05, 0) is 25.3 Å². The predicted octanol–water partition coefficient (Wildman–Crippen LogP) is 2.60. The molecule has 134 valence electrons. The molecule has 2 amide bonds. The summed E-state index contributed by atoms with van der Waals surface area (Å²) in [6.45, 7) is 2.63. The van der Waals surface area contributed by atoms with Gasteiger partial charge >= 0.3 is 6.03 Å². The van der Waals surface area contributed by atoms with Gasteiger partial charge in [-0.1, -0.05) is 43.2 Å². The van der Waals surface area contributed by atoms with Crippen molar-refractivity contribution in [2.75, 3.05) is 6.61 Å². The van der Waals surface area contributed by atoms with Crippen LogP contribution in [0.15, 0.2) is 42.7 Å². The van der Waals surface area contributed by atoms with Crippen molar-refractivity contribution in [1.29, 1.82) is 0 Å². The second-order valence-electron chi connectivity index (χ2n) is 6.92. The molecule has 1 saturated carbocycles. The first-order chi connectivity index (χ1) is 12.1. The Morgan fingerprint density at radius 3 is 2.72 bits per heavy atom. The number of hydrogen-bond acceptors (Lipinski definition) is 3. The molecule has 6 nitrogen and oxygen atoms in total. The number of carbonyl (C=O) groups is 1. The SMILES string of the molecule is CC(NC(=O)NC1(CO)CCCC1)c1cnn(Cc2ccccc2)c1. The average Bonchev–Trinajstić information content (AvgIpc) is 3.26. The van der Waals surface area contributed by atoms with Crippen LogP contribution in [0.2, 0.25) is 0 Å². The van der Waals surface area contributed by atoms with Crippen molar-refractivity contribution in [2.45, 2.75) is 50.7 Å². The van der Waals surface area contributed by atoms with Gasteiger partial charge in [0.05, 0.1) is 30.9 Å². The van der Waals surface area contributed by atoms with Crippen molar-refractivity contribution in [3.05, 3.63) is 53.9 Å². The molecule has 0 spiro atoms. The number of urea groups is 1. The molecule has 1 aromatic carbocycles. The molecule has 0 saturated heterocycles. The monoisotopic (exact) mass is 342 g/mol. The van der Waals surface area contributed by atoms with Crippen LogP contribution in [0, 0.1) is 0 Å². The van der Waals surface area contributed by atoms with Gasteiger partial charge in [0, 0.05) is 11.8 Å². The molecule has 1 heterocycles. The average molecular weight is 342 g/mol. The van der Waals surface area contributed by atoms with Gasteiger partial charge in [0.1, 0.15) is 0 Å². The summed E-state index contributed by atoms with van der Waals surface area (Å²) in [7, 11) is 0. The minimum Gasteiger partial charge on any atom is -0.394 e. The van der Waals surface area contributed by atoms with Crippen LogP contribution < -0.4 is 10.6 Å². The number of nitrogens with zero attached hydrogens (tertiary/aromatic N) is 2. The van der Waals surface area contributed by atoms with Gasteiger partial charge in [0.15, 0.2) is 0 Å². The fourth-order valence-corrected chi connectivity index (χ4v) is 3.39. The lowest BCUT2D eigenvalue weighted by Crippen LogP contribution is -2.53. The van der Waals surface area contributed by atoms with Crippen molar-refractivity contribution >= 4 is 6.03 Å². The molecule has 1 aliphatic rings. The van der Waals surface area contributed by atoms with Crippen LogP contribution in [0.1, 0.15) is 49.8 Å². The molecule has 1 atom stereocenters. The van der Waals surface area contributed by atoms with E-state index in [-0.39, 0.29) is 18.7 Å². The maximum absolute atomic E-state index is 12.3. The van der Waals surface area contributed by atoms with Gasteiger partial charge in [-0.3, -0.25) is 4.68 Å². The highest BCUT2D eigenvalue weighted by Gasteiger charge is 2.34. The van der Waals surface area contributed by atoms with Crippen LogP contribution >= 0.6 is 0 Å². The summed E-state index contributed by atoms with van der Waals surface area (Å²) >= 11 is 0. The standard InChI is InChI=1S/C19H26N4O2/c1-15(21-18(25)22-19(14-24)9-5-6-10-19)17-11-20-23(13-17)12-16-7-3-2-4-8-16/h2-4,7-8,11,13,15,24H,5-6,9-10,12,14H2,1H3,(H2,21,22,25). The molecule has 2 aromatic rings. The third-order valence-electron chi connectivity index (χ3n) is 4.93. The number of nitrogens with one attached hydrogen (secondary N) is 2. The quantitative estimate of drug-likeness (QED) is 0.755. The second kappa shape index (κ2) is 7.70. The van der Waals surface area contributed by atoms with Gasteiger partial charge in [0.25, 0.3) is 0 Å². The molecule has 6 heteroatoms. The van der Waals surface area contributed by atoms with Gasteiger partial charge in [-0.2, -0.15) is 5.10 Å². The smallest absolute Gasteiger partial charge is 0.315 e. The molecule has 25 heavy (non-hydrogen) atoms. The molecule has 1 unspecified atom stereocenters. The summed E-state index contributed by atoms with van der Waals surface area (Å²) in [6, 6.07) is 9.74. The summed E-state index contributed by atoms with van der Waals surface area (Å²) in [4.78, 5) is 12.3. The van der Waals surface area contributed by atoms with Crippen LogP contribution in [0.25, 0.3) is 0 Å². The first-order valence-corrected chi connectivity index (χ1v) is 8.86. The molecule has 3 rings (SSSR count). The van der Waals surface area contributed by atoms with Crippen molar-refractivity contribution in [1.82, 2.24) is 20.4 Å². The van der Waals surface area contributed by atoms with Crippen molar-refractivity contribution in [2.24, 2.45) is 0 Å². The number of amides is 2. The van der Waals surface area contributed by atoms with Gasteiger partial charge in [-0.15, -0.1) is 0 Å². The maximum atomic E-state index is 12.3. The summed E-state index contributed by atoms with van der Waals surface area (Å²) in [5.74, 6) is 0. The highest BCUT2D eigenvalue weighted by atomic mass is 16.3. The molecule has 1 fully saturated rings. The minimum absolute atomic E-state index is 0.0101. The van der Waals surface area contributed by atoms with E-state index in [1.807, 2.05) is 36.0 Å². The van der Waals surface area contributed by atoms with E-state index in [9.17, 15) is 9.90 Å². The molecular formula is C19H26N4O2. The van der Waals surface area contributed by atoms with Crippen molar-refractivity contribution in [3.8, 4) is 0 Å². The highest BCUT2D eigenvalue weighted by molar-refractivity contribution is 5.75. The summed E-state index contributed by atoms with van der Waals surface area (Å²) in [5, 5.41) is 19.9. The molecule has 0 radical (unpaired) electrons. The lowest BCUT2D eigenvalue weighted by Gasteiger charge is -2.28. The first kappa shape index (κ1) is 17.5. The Bertz CT molecular complexity index is 692. The minimum atomic E-state index is -0.457. The Balaban J connectivity index is 1.56. The Kier molecular flexibility index (Phi) is 5.38. The van der Waals surface area contributed by atoms with E-state index < -0.39 is 5.54 Å². The highest BCUT2D eigenvalue weighted by Crippen LogP contribution is 2.29. The number of aliphatic hydroxyl groups is 1. The van der Waals surface area contributed by atoms with E-state index in [4.69, 9.17) is 0 Å². The fourth-order valence-electron chi connectivity index (χ4n) is 3.39. The number of rotatable bonds is 6. The van der Waals surface area contributed by atoms with Crippen LogP contribution in [0.4, 0.5) is 4.79 Å². The zero-order chi connectivity index (χ0) is 17.7. The van der Waals surface area contributed by atoms with E-state index in [0.29, 0.717) is 6.54 Å². The Hall–Kier alpha value is -2.34. The lowest BCUT2D eigenvalue weighted by molar-refractivity contribution is 0.162. The van der Waals surface area contributed by atoms with Crippen LogP contribution in [0.3, 0.4) is 0 Å². The van der Waals surface area contributed by atoms with Gasteiger partial charge < -0.3 is 15.7 Å². The third kappa shape index (κ3) is 4.39. The van der Waals surface area contributed by atoms with Crippen molar-refractivity contribution < 1.29 is 9.90 Å². The fraction of sp³-hybridized carbons (Fsp3) is 0.474. The largest absolute Gasteiger partial charge is 0.394 e. The van der Waals surface area contributed by atoms with Gasteiger partial charge in [0.2, 0.25) is 0 Å². The molecule has 0 aliphatic heterocycles. The molecule has 1 aliphatic carbocycles. The number of carbonyl (C=O) groups excluding carboxylic acids is 1. The van der Waals surface area contributed by atoms with Crippen LogP contribution in [-0.4, -0.2) is 33.1 Å². The molecule has 0 bridgehead atoms. The topological polar surface area (TPSA) is 79.2 Å². The normalized spacial score (nSPS) is 17.2. The number of benzene rings is 1. The summed E-state index contributed by atoms with van der Waals surface area (Å²) in [5.41, 5.74) is 1.68. The first-order valence-electron chi connectivity index (χ1n) is 8.86. The number of hydrogen-bond donors (Lipinski definition) is 3. The maximum Gasteiger partial charge on any atom is 0.315 e. The number of aromatic nitrogens is 2. The van der Waals surface area contributed by atoms with Crippen molar-refractivity contribution in [3.63, 3.8) is 0 Å². The summed E-state index contributed by atoms with van der Waals surface area (Å²) < 4.78 is 1.87. The van der Waals surface area contributed by atoms with Crippen LogP contribution in [-0.2, 0) is 6.54 Å². The summed E-state index contributed by atoms with van der Waals surface area (Å²) in [6.07, 6.45) is 7.49. The molecule has 3 N–H and O–H groups in total. The lowest BCUT2D eigenvalue weighted by atomic mass is 9.99. The Labute approximate surface area is 148 Å². The van der Waals surface area contributed by atoms with E-state index in [1.165, 1.54) is 5.56 Å². The Morgan fingerprint density at radius 2 is 2.04 bits per heavy atom. The molecule has 1 aromatic heterocycles. The third-order valence-corrected chi connectivity index (χ3v) is 4.93. The van der Waals surface area contributed by atoms with E-state index in [0.717, 1.165) is 31.2 Å². The molecular weight excluding hydrogens is 316 g/mol. The zero-order valence-electron chi connectivity index (χ0n) is 14.6. The number of aliphatic hydroxyl groups excluding tert-OH is 1. The van der Waals surface area contributed by atoms with E-state index in [2.05, 4.69) is 27.9 Å². The predicted molar refractivity (Wildman–Crippen MR) is 96.1 cm³/mol. The van der Waals surface area contributed by atoms with Crippen LogP contribution in [0.5, 0.6) is 0 Å².